The monoisotopic (exact) mass is 243 g/mol. The second kappa shape index (κ2) is 5.01. The highest BCUT2D eigenvalue weighted by Crippen LogP contribution is 2.14. The molecule has 90 valence electrons. The molecule has 6 heteroatoms. The summed E-state index contributed by atoms with van der Waals surface area (Å²) in [6, 6.07) is 6.29. The van der Waals surface area contributed by atoms with Gasteiger partial charge in [-0.1, -0.05) is 0 Å². The van der Waals surface area contributed by atoms with Crippen LogP contribution >= 0.6 is 0 Å². The SMILES string of the molecule is N#Cc1ncc(CNC(=O)c2ccco2)cc1O. The number of aromatic hydroxyl groups is 1. The van der Waals surface area contributed by atoms with Crippen molar-refractivity contribution in [1.29, 1.82) is 5.26 Å². The second-order valence-corrected chi connectivity index (χ2v) is 3.48. The third-order valence-corrected chi connectivity index (χ3v) is 2.23. The van der Waals surface area contributed by atoms with Gasteiger partial charge in [0.2, 0.25) is 0 Å². The first kappa shape index (κ1) is 11.7. The number of furan rings is 1. The van der Waals surface area contributed by atoms with E-state index in [1.165, 1.54) is 18.5 Å². The summed E-state index contributed by atoms with van der Waals surface area (Å²) < 4.78 is 4.92. The van der Waals surface area contributed by atoms with Gasteiger partial charge in [-0.05, 0) is 23.8 Å². The minimum Gasteiger partial charge on any atom is -0.505 e. The van der Waals surface area contributed by atoms with Gasteiger partial charge in [0, 0.05) is 12.7 Å². The van der Waals surface area contributed by atoms with E-state index in [9.17, 15) is 9.90 Å². The Labute approximate surface area is 102 Å². The van der Waals surface area contributed by atoms with Crippen molar-refractivity contribution in [3.05, 3.63) is 47.7 Å². The number of nitrogens with zero attached hydrogens (tertiary/aromatic N) is 2. The molecule has 0 saturated carbocycles. The molecule has 0 radical (unpaired) electrons. The van der Waals surface area contributed by atoms with Crippen molar-refractivity contribution in [1.82, 2.24) is 10.3 Å². The molecule has 0 aliphatic carbocycles. The van der Waals surface area contributed by atoms with Crippen molar-refractivity contribution < 1.29 is 14.3 Å². The molecule has 0 aromatic carbocycles. The normalized spacial score (nSPS) is 9.72. The highest BCUT2D eigenvalue weighted by atomic mass is 16.3. The molecular formula is C12H9N3O3. The molecule has 2 rings (SSSR count). The molecule has 18 heavy (non-hydrogen) atoms. The van der Waals surface area contributed by atoms with E-state index in [-0.39, 0.29) is 29.7 Å². The van der Waals surface area contributed by atoms with E-state index in [1.54, 1.807) is 18.2 Å². The molecule has 2 N–H and O–H groups in total. The molecule has 0 saturated heterocycles. The molecule has 0 spiro atoms. The maximum absolute atomic E-state index is 11.5. The van der Waals surface area contributed by atoms with E-state index in [1.807, 2.05) is 0 Å². The number of nitriles is 1. The predicted molar refractivity (Wildman–Crippen MR) is 60.5 cm³/mol. The van der Waals surface area contributed by atoms with Gasteiger partial charge in [0.15, 0.2) is 17.2 Å². The highest BCUT2D eigenvalue weighted by Gasteiger charge is 2.09. The second-order valence-electron chi connectivity index (χ2n) is 3.48. The van der Waals surface area contributed by atoms with Crippen LogP contribution in [0.15, 0.2) is 35.1 Å². The molecule has 1 amide bonds. The number of pyridine rings is 1. The van der Waals surface area contributed by atoms with Crippen LogP contribution in [0.4, 0.5) is 0 Å². The zero-order chi connectivity index (χ0) is 13.0. The molecule has 2 heterocycles. The lowest BCUT2D eigenvalue weighted by atomic mass is 10.2. The van der Waals surface area contributed by atoms with Crippen molar-refractivity contribution in [2.45, 2.75) is 6.54 Å². The largest absolute Gasteiger partial charge is 0.505 e. The summed E-state index contributed by atoms with van der Waals surface area (Å²) in [5.41, 5.74) is 0.544. The minimum atomic E-state index is -0.358. The molecule has 2 aromatic heterocycles. The van der Waals surface area contributed by atoms with E-state index in [4.69, 9.17) is 9.68 Å². The van der Waals surface area contributed by atoms with E-state index in [0.29, 0.717) is 5.56 Å². The maximum Gasteiger partial charge on any atom is 0.287 e. The van der Waals surface area contributed by atoms with Gasteiger partial charge in [-0.25, -0.2) is 4.98 Å². The van der Waals surface area contributed by atoms with Gasteiger partial charge in [0.1, 0.15) is 6.07 Å². The fraction of sp³-hybridized carbons (Fsp3) is 0.0833. The van der Waals surface area contributed by atoms with E-state index in [0.717, 1.165) is 0 Å². The highest BCUT2D eigenvalue weighted by molar-refractivity contribution is 5.91. The van der Waals surface area contributed by atoms with E-state index >= 15 is 0 Å². The lowest BCUT2D eigenvalue weighted by molar-refractivity contribution is 0.0923. The zero-order valence-corrected chi connectivity index (χ0v) is 9.25. The number of rotatable bonds is 3. The summed E-state index contributed by atoms with van der Waals surface area (Å²) in [5.74, 6) is -0.355. The molecule has 6 nitrogen and oxygen atoms in total. The summed E-state index contributed by atoms with van der Waals surface area (Å²) in [4.78, 5) is 15.3. The number of amides is 1. The van der Waals surface area contributed by atoms with Crippen LogP contribution in [-0.4, -0.2) is 16.0 Å². The third kappa shape index (κ3) is 2.47. The van der Waals surface area contributed by atoms with Gasteiger partial charge >= 0.3 is 0 Å². The number of carbonyl (C=O) groups excluding carboxylic acids is 1. The molecule has 0 bridgehead atoms. The van der Waals surface area contributed by atoms with Crippen LogP contribution in [0.3, 0.4) is 0 Å². The van der Waals surface area contributed by atoms with Gasteiger partial charge in [-0.3, -0.25) is 4.79 Å². The maximum atomic E-state index is 11.5. The Morgan fingerprint density at radius 2 is 2.44 bits per heavy atom. The van der Waals surface area contributed by atoms with Crippen LogP contribution in [-0.2, 0) is 6.54 Å². The Kier molecular flexibility index (Phi) is 3.25. The van der Waals surface area contributed by atoms with Crippen LogP contribution in [0.2, 0.25) is 0 Å². The third-order valence-electron chi connectivity index (χ3n) is 2.23. The molecule has 0 unspecified atom stereocenters. The van der Waals surface area contributed by atoms with Crippen molar-refractivity contribution in [2.75, 3.05) is 0 Å². The Balaban J connectivity index is 2.01. The predicted octanol–water partition coefficient (Wildman–Crippen LogP) is 1.18. The average Bonchev–Trinajstić information content (AvgIpc) is 2.90. The van der Waals surface area contributed by atoms with Crippen LogP contribution < -0.4 is 5.32 Å². The standard InChI is InChI=1S/C12H9N3O3/c13-5-9-10(16)4-8(6-14-9)7-15-12(17)11-2-1-3-18-11/h1-4,6,16H,7H2,(H,15,17). The summed E-state index contributed by atoms with van der Waals surface area (Å²) in [6.45, 7) is 0.186. The van der Waals surface area contributed by atoms with Crippen molar-refractivity contribution in [3.8, 4) is 11.8 Å². The number of nitrogens with one attached hydrogen (secondary N) is 1. The first-order valence-electron chi connectivity index (χ1n) is 5.10. The van der Waals surface area contributed by atoms with Crippen molar-refractivity contribution >= 4 is 5.91 Å². The summed E-state index contributed by atoms with van der Waals surface area (Å²) in [5, 5.41) is 20.6. The molecule has 0 aliphatic heterocycles. The van der Waals surface area contributed by atoms with Gasteiger partial charge in [0.05, 0.1) is 6.26 Å². The Morgan fingerprint density at radius 3 is 3.06 bits per heavy atom. The number of aromatic nitrogens is 1. The minimum absolute atomic E-state index is 0.0453. The summed E-state index contributed by atoms with van der Waals surface area (Å²) in [6.07, 6.45) is 2.82. The quantitative estimate of drug-likeness (QED) is 0.843. The Hall–Kier alpha value is -2.81. The molecule has 2 aromatic rings. The fourth-order valence-electron chi connectivity index (χ4n) is 1.35. The summed E-state index contributed by atoms with van der Waals surface area (Å²) >= 11 is 0. The molecular weight excluding hydrogens is 234 g/mol. The number of carbonyl (C=O) groups is 1. The van der Waals surface area contributed by atoms with Crippen LogP contribution in [0.25, 0.3) is 0 Å². The molecule has 0 aliphatic rings. The van der Waals surface area contributed by atoms with Crippen LogP contribution in [0.5, 0.6) is 5.75 Å². The van der Waals surface area contributed by atoms with Crippen molar-refractivity contribution in [2.24, 2.45) is 0 Å². The van der Waals surface area contributed by atoms with Crippen molar-refractivity contribution in [3.63, 3.8) is 0 Å². The van der Waals surface area contributed by atoms with Crippen LogP contribution in [0, 0.1) is 11.3 Å². The van der Waals surface area contributed by atoms with E-state index in [2.05, 4.69) is 10.3 Å². The molecule has 0 atom stereocenters. The van der Waals surface area contributed by atoms with E-state index < -0.39 is 0 Å². The lowest BCUT2D eigenvalue weighted by Crippen LogP contribution is -2.22. The Morgan fingerprint density at radius 1 is 1.61 bits per heavy atom. The molecule has 0 fully saturated rings. The fourth-order valence-corrected chi connectivity index (χ4v) is 1.35. The lowest BCUT2D eigenvalue weighted by Gasteiger charge is -2.04. The van der Waals surface area contributed by atoms with Crippen LogP contribution in [0.1, 0.15) is 21.8 Å². The smallest absolute Gasteiger partial charge is 0.287 e. The zero-order valence-electron chi connectivity index (χ0n) is 9.25. The Bertz CT molecular complexity index is 600. The number of hydrogen-bond donors (Lipinski definition) is 2. The number of hydrogen-bond acceptors (Lipinski definition) is 5. The first-order valence-corrected chi connectivity index (χ1v) is 5.10. The van der Waals surface area contributed by atoms with Gasteiger partial charge in [-0.2, -0.15) is 5.26 Å². The first-order chi connectivity index (χ1) is 8.70. The summed E-state index contributed by atoms with van der Waals surface area (Å²) in [7, 11) is 0. The van der Waals surface area contributed by atoms with Gasteiger partial charge in [0.25, 0.3) is 5.91 Å². The topological polar surface area (TPSA) is 99.2 Å². The van der Waals surface area contributed by atoms with Gasteiger partial charge < -0.3 is 14.8 Å². The average molecular weight is 243 g/mol. The van der Waals surface area contributed by atoms with Gasteiger partial charge in [-0.15, -0.1) is 0 Å².